The van der Waals surface area contributed by atoms with Crippen molar-refractivity contribution in [3.05, 3.63) is 46.2 Å². The van der Waals surface area contributed by atoms with Crippen LogP contribution in [0, 0.1) is 6.92 Å². The number of aryl methyl sites for hydroxylation is 2. The van der Waals surface area contributed by atoms with Gasteiger partial charge in [0.25, 0.3) is 0 Å². The van der Waals surface area contributed by atoms with E-state index in [1.54, 1.807) is 36.1 Å². The first-order chi connectivity index (χ1) is 12.0. The van der Waals surface area contributed by atoms with Gasteiger partial charge in [-0.05, 0) is 43.7 Å². The Hall–Kier alpha value is -2.27. The van der Waals surface area contributed by atoms with Crippen molar-refractivity contribution in [3.63, 3.8) is 0 Å². The van der Waals surface area contributed by atoms with Gasteiger partial charge in [-0.1, -0.05) is 24.9 Å². The van der Waals surface area contributed by atoms with Gasteiger partial charge in [0.15, 0.2) is 17.3 Å². The number of ether oxygens (including phenoxy) is 2. The topological polar surface area (TPSA) is 53.4 Å². The Morgan fingerprint density at radius 3 is 2.64 bits per heavy atom. The van der Waals surface area contributed by atoms with Crippen LogP contribution in [0.15, 0.2) is 24.3 Å². The van der Waals surface area contributed by atoms with E-state index in [-0.39, 0.29) is 5.78 Å². The maximum Gasteiger partial charge on any atom is 0.185 e. The van der Waals surface area contributed by atoms with E-state index in [9.17, 15) is 4.79 Å². The number of aromatic nitrogens is 2. The fourth-order valence-corrected chi connectivity index (χ4v) is 2.78. The van der Waals surface area contributed by atoms with Crippen LogP contribution in [0.5, 0.6) is 11.5 Å². The number of unbranched alkanes of at least 4 members (excludes halogenated alkanes) is 1. The second-order valence-corrected chi connectivity index (χ2v) is 5.99. The molecule has 5 nitrogen and oxygen atoms in total. The Morgan fingerprint density at radius 1 is 1.28 bits per heavy atom. The van der Waals surface area contributed by atoms with Crippen LogP contribution in [0.3, 0.4) is 0 Å². The van der Waals surface area contributed by atoms with Crippen molar-refractivity contribution in [2.45, 2.75) is 33.2 Å². The van der Waals surface area contributed by atoms with E-state index < -0.39 is 0 Å². The third-order valence-electron chi connectivity index (χ3n) is 3.90. The summed E-state index contributed by atoms with van der Waals surface area (Å²) in [5.41, 5.74) is 2.09. The summed E-state index contributed by atoms with van der Waals surface area (Å²) in [5, 5.41) is 4.99. The van der Waals surface area contributed by atoms with Crippen molar-refractivity contribution >= 4 is 23.5 Å². The van der Waals surface area contributed by atoms with Crippen molar-refractivity contribution < 1.29 is 14.3 Å². The number of carbonyl (C=O) groups excluding carboxylic acids is 1. The molecule has 0 amide bonds. The highest BCUT2D eigenvalue weighted by molar-refractivity contribution is 6.31. The van der Waals surface area contributed by atoms with E-state index in [0.717, 1.165) is 30.6 Å². The average Bonchev–Trinajstić information content (AvgIpc) is 2.90. The monoisotopic (exact) mass is 362 g/mol. The Morgan fingerprint density at radius 2 is 2.00 bits per heavy atom. The molecule has 0 bridgehead atoms. The zero-order valence-corrected chi connectivity index (χ0v) is 15.8. The quantitative estimate of drug-likeness (QED) is 0.510. The molecule has 0 aliphatic rings. The number of methoxy groups -OCH3 is 2. The van der Waals surface area contributed by atoms with Crippen molar-refractivity contribution in [3.8, 4) is 11.5 Å². The summed E-state index contributed by atoms with van der Waals surface area (Å²) in [5.74, 6) is 0.959. The van der Waals surface area contributed by atoms with Gasteiger partial charge in [0.2, 0.25) is 0 Å². The first-order valence-corrected chi connectivity index (χ1v) is 8.57. The molecule has 1 aromatic carbocycles. The predicted molar refractivity (Wildman–Crippen MR) is 99.8 cm³/mol. The third kappa shape index (κ3) is 4.42. The molecule has 2 aromatic rings. The lowest BCUT2D eigenvalue weighted by Crippen LogP contribution is -1.99. The van der Waals surface area contributed by atoms with Crippen LogP contribution in [-0.4, -0.2) is 29.8 Å². The number of allylic oxidation sites excluding steroid dienone is 1. The summed E-state index contributed by atoms with van der Waals surface area (Å²) in [7, 11) is 3.09. The van der Waals surface area contributed by atoms with E-state index in [0.29, 0.717) is 22.2 Å². The van der Waals surface area contributed by atoms with E-state index in [1.165, 1.54) is 13.2 Å². The smallest absolute Gasteiger partial charge is 0.185 e. The minimum Gasteiger partial charge on any atom is -0.493 e. The van der Waals surface area contributed by atoms with Gasteiger partial charge in [-0.3, -0.25) is 9.48 Å². The average molecular weight is 363 g/mol. The standard InChI is InChI=1S/C19H23ClN2O3/c1-5-6-11-22-19(20)15(13(2)21-22)8-9-16(23)14-7-10-17(24-3)18(12-14)25-4/h7-10,12H,5-6,11H2,1-4H3/b9-8+. The molecule has 0 spiro atoms. The van der Waals surface area contributed by atoms with Crippen LogP contribution in [0.25, 0.3) is 6.08 Å². The van der Waals surface area contributed by atoms with Crippen LogP contribution < -0.4 is 9.47 Å². The van der Waals surface area contributed by atoms with Gasteiger partial charge in [0.1, 0.15) is 5.15 Å². The van der Waals surface area contributed by atoms with Crippen LogP contribution in [0.1, 0.15) is 41.4 Å². The molecule has 1 heterocycles. The lowest BCUT2D eigenvalue weighted by atomic mass is 10.1. The molecule has 0 saturated carbocycles. The summed E-state index contributed by atoms with van der Waals surface area (Å²) in [6.07, 6.45) is 5.29. The molecule has 0 N–H and O–H groups in total. The number of halogens is 1. The molecule has 0 radical (unpaired) electrons. The van der Waals surface area contributed by atoms with Crippen LogP contribution in [0.4, 0.5) is 0 Å². The molecule has 2 rings (SSSR count). The third-order valence-corrected chi connectivity index (χ3v) is 4.30. The van der Waals surface area contributed by atoms with Crippen molar-refractivity contribution in [2.75, 3.05) is 14.2 Å². The zero-order chi connectivity index (χ0) is 18.4. The zero-order valence-electron chi connectivity index (χ0n) is 15.0. The Bertz CT molecular complexity index is 781. The molecule has 1 aromatic heterocycles. The Labute approximate surface area is 153 Å². The van der Waals surface area contributed by atoms with Gasteiger partial charge in [0.05, 0.1) is 19.9 Å². The van der Waals surface area contributed by atoms with E-state index in [2.05, 4.69) is 12.0 Å². The van der Waals surface area contributed by atoms with E-state index >= 15 is 0 Å². The Balaban J connectivity index is 2.22. The molecule has 134 valence electrons. The van der Waals surface area contributed by atoms with Crippen molar-refractivity contribution in [1.29, 1.82) is 0 Å². The van der Waals surface area contributed by atoms with Gasteiger partial charge in [-0.2, -0.15) is 5.10 Å². The fraction of sp³-hybridized carbons (Fsp3) is 0.368. The van der Waals surface area contributed by atoms with E-state index in [1.807, 2.05) is 6.92 Å². The number of hydrogen-bond donors (Lipinski definition) is 0. The number of hydrogen-bond acceptors (Lipinski definition) is 4. The number of nitrogens with zero attached hydrogens (tertiary/aromatic N) is 2. The minimum absolute atomic E-state index is 0.141. The number of carbonyl (C=O) groups is 1. The minimum atomic E-state index is -0.141. The maximum absolute atomic E-state index is 12.4. The SMILES string of the molecule is CCCCn1nc(C)c(/C=C/C(=O)c2ccc(OC)c(OC)c2)c1Cl. The van der Waals surface area contributed by atoms with Gasteiger partial charge in [-0.25, -0.2) is 0 Å². The summed E-state index contributed by atoms with van der Waals surface area (Å²) in [6.45, 7) is 4.77. The van der Waals surface area contributed by atoms with Gasteiger partial charge in [-0.15, -0.1) is 0 Å². The molecule has 0 aliphatic carbocycles. The second kappa shape index (κ2) is 8.72. The van der Waals surface area contributed by atoms with Crippen LogP contribution >= 0.6 is 11.6 Å². The molecular formula is C19H23ClN2O3. The molecule has 0 fully saturated rings. The molecule has 6 heteroatoms. The molecule has 0 atom stereocenters. The number of ketones is 1. The number of benzene rings is 1. The highest BCUT2D eigenvalue weighted by atomic mass is 35.5. The number of rotatable bonds is 8. The normalized spacial score (nSPS) is 11.1. The summed E-state index contributed by atoms with van der Waals surface area (Å²) >= 11 is 6.38. The van der Waals surface area contributed by atoms with Gasteiger partial charge >= 0.3 is 0 Å². The largest absolute Gasteiger partial charge is 0.493 e. The highest BCUT2D eigenvalue weighted by Crippen LogP contribution is 2.28. The second-order valence-electron chi connectivity index (χ2n) is 5.63. The fourth-order valence-electron chi connectivity index (χ4n) is 2.46. The molecule has 0 unspecified atom stereocenters. The van der Waals surface area contributed by atoms with Gasteiger partial charge in [0, 0.05) is 17.7 Å². The molecule has 0 saturated heterocycles. The maximum atomic E-state index is 12.4. The summed E-state index contributed by atoms with van der Waals surface area (Å²) < 4.78 is 12.2. The molecule has 25 heavy (non-hydrogen) atoms. The van der Waals surface area contributed by atoms with E-state index in [4.69, 9.17) is 21.1 Å². The van der Waals surface area contributed by atoms with Crippen molar-refractivity contribution in [2.24, 2.45) is 0 Å². The lowest BCUT2D eigenvalue weighted by Gasteiger charge is -2.08. The lowest BCUT2D eigenvalue weighted by molar-refractivity contribution is 0.104. The van der Waals surface area contributed by atoms with Crippen LogP contribution in [0.2, 0.25) is 5.15 Å². The summed E-state index contributed by atoms with van der Waals surface area (Å²) in [4.78, 5) is 12.4. The highest BCUT2D eigenvalue weighted by Gasteiger charge is 2.12. The first-order valence-electron chi connectivity index (χ1n) is 8.19. The molecule has 0 aliphatic heterocycles. The Kier molecular flexibility index (Phi) is 6.65. The predicted octanol–water partition coefficient (Wildman–Crippen LogP) is 4.56. The first kappa shape index (κ1) is 19.1. The van der Waals surface area contributed by atoms with Gasteiger partial charge < -0.3 is 9.47 Å². The van der Waals surface area contributed by atoms with Crippen molar-refractivity contribution in [1.82, 2.24) is 9.78 Å². The summed E-state index contributed by atoms with van der Waals surface area (Å²) in [6, 6.07) is 5.07. The van der Waals surface area contributed by atoms with Crippen LogP contribution in [-0.2, 0) is 6.54 Å². The molecular weight excluding hydrogens is 340 g/mol.